The van der Waals surface area contributed by atoms with Crippen LogP contribution >= 0.6 is 0 Å². The quantitative estimate of drug-likeness (QED) is 0.708. The van der Waals surface area contributed by atoms with Crippen LogP contribution in [-0.4, -0.2) is 36.1 Å². The summed E-state index contributed by atoms with van der Waals surface area (Å²) in [7, 11) is 0. The van der Waals surface area contributed by atoms with E-state index in [0.717, 1.165) is 12.5 Å². The summed E-state index contributed by atoms with van der Waals surface area (Å²) >= 11 is 0. The number of likely N-dealkylation sites (N-methyl/N-ethyl adjacent to an activating group) is 1. The smallest absolute Gasteiger partial charge is 0.0306 e. The Labute approximate surface area is 127 Å². The number of hydrogen-bond acceptors (Lipinski definition) is 2. The van der Waals surface area contributed by atoms with Gasteiger partial charge < -0.3 is 5.32 Å². The lowest BCUT2D eigenvalue weighted by molar-refractivity contribution is 0.0728. The van der Waals surface area contributed by atoms with Gasteiger partial charge in [-0.3, -0.25) is 4.90 Å². The van der Waals surface area contributed by atoms with Gasteiger partial charge in [0.15, 0.2) is 0 Å². The summed E-state index contributed by atoms with van der Waals surface area (Å²) in [5.74, 6) is 0.866. The minimum absolute atomic E-state index is 0.281. The van der Waals surface area contributed by atoms with E-state index in [1.54, 1.807) is 0 Å². The van der Waals surface area contributed by atoms with Gasteiger partial charge in [0.2, 0.25) is 0 Å². The summed E-state index contributed by atoms with van der Waals surface area (Å²) in [5, 5.41) is 3.80. The molecule has 1 fully saturated rings. The molecule has 0 spiro atoms. The molecule has 0 bridgehead atoms. The van der Waals surface area contributed by atoms with Crippen molar-refractivity contribution in [2.24, 2.45) is 5.92 Å². The Hall–Kier alpha value is -0.0800. The SMILES string of the molecule is CCNC(CC(CC)CC)C(C)(C)N1CCCCCC1. The molecule has 1 aliphatic rings. The Kier molecular flexibility index (Phi) is 8.13. The molecule has 0 aliphatic carbocycles. The molecule has 1 N–H and O–H groups in total. The monoisotopic (exact) mass is 282 g/mol. The van der Waals surface area contributed by atoms with E-state index in [1.807, 2.05) is 0 Å². The predicted molar refractivity (Wildman–Crippen MR) is 90.3 cm³/mol. The number of rotatable bonds is 8. The van der Waals surface area contributed by atoms with Crippen molar-refractivity contribution >= 4 is 0 Å². The molecule has 0 radical (unpaired) electrons. The molecule has 1 unspecified atom stereocenters. The number of likely N-dealkylation sites (tertiary alicyclic amines) is 1. The molecule has 2 nitrogen and oxygen atoms in total. The van der Waals surface area contributed by atoms with E-state index in [4.69, 9.17) is 0 Å². The minimum atomic E-state index is 0.281. The molecule has 1 saturated heterocycles. The molecule has 1 rings (SSSR count). The zero-order valence-corrected chi connectivity index (χ0v) is 14.7. The molecule has 20 heavy (non-hydrogen) atoms. The second-order valence-electron chi connectivity index (χ2n) is 7.08. The third-order valence-electron chi connectivity index (χ3n) is 5.45. The van der Waals surface area contributed by atoms with Gasteiger partial charge in [0.1, 0.15) is 0 Å². The van der Waals surface area contributed by atoms with Gasteiger partial charge in [-0.05, 0) is 58.7 Å². The summed E-state index contributed by atoms with van der Waals surface area (Å²) in [4.78, 5) is 2.76. The third-order valence-corrected chi connectivity index (χ3v) is 5.45. The average Bonchev–Trinajstić information content (AvgIpc) is 2.72. The van der Waals surface area contributed by atoms with Crippen LogP contribution < -0.4 is 5.32 Å². The van der Waals surface area contributed by atoms with E-state index in [0.29, 0.717) is 6.04 Å². The van der Waals surface area contributed by atoms with E-state index < -0.39 is 0 Å². The topological polar surface area (TPSA) is 15.3 Å². The van der Waals surface area contributed by atoms with Gasteiger partial charge in [0.05, 0.1) is 0 Å². The van der Waals surface area contributed by atoms with Crippen LogP contribution in [0.2, 0.25) is 0 Å². The minimum Gasteiger partial charge on any atom is -0.312 e. The van der Waals surface area contributed by atoms with E-state index >= 15 is 0 Å². The van der Waals surface area contributed by atoms with Crippen molar-refractivity contribution in [1.29, 1.82) is 0 Å². The highest BCUT2D eigenvalue weighted by molar-refractivity contribution is 4.95. The molecule has 0 aromatic carbocycles. The van der Waals surface area contributed by atoms with Crippen molar-refractivity contribution in [3.8, 4) is 0 Å². The van der Waals surface area contributed by atoms with E-state index in [1.165, 1.54) is 58.0 Å². The van der Waals surface area contributed by atoms with Crippen molar-refractivity contribution in [3.05, 3.63) is 0 Å². The molecular formula is C18H38N2. The Morgan fingerprint density at radius 1 is 0.950 bits per heavy atom. The van der Waals surface area contributed by atoms with Crippen LogP contribution in [0.25, 0.3) is 0 Å². The second kappa shape index (κ2) is 9.04. The zero-order chi connectivity index (χ0) is 15.0. The van der Waals surface area contributed by atoms with Gasteiger partial charge in [-0.2, -0.15) is 0 Å². The van der Waals surface area contributed by atoms with E-state index in [2.05, 4.69) is 44.8 Å². The van der Waals surface area contributed by atoms with Crippen molar-refractivity contribution in [3.63, 3.8) is 0 Å². The lowest BCUT2D eigenvalue weighted by Gasteiger charge is -2.45. The molecule has 1 aliphatic heterocycles. The molecule has 120 valence electrons. The molecule has 0 saturated carbocycles. The van der Waals surface area contributed by atoms with Gasteiger partial charge >= 0.3 is 0 Å². The Bertz CT molecular complexity index is 238. The van der Waals surface area contributed by atoms with Crippen molar-refractivity contribution in [1.82, 2.24) is 10.2 Å². The van der Waals surface area contributed by atoms with Crippen LogP contribution in [0, 0.1) is 5.92 Å². The van der Waals surface area contributed by atoms with Gasteiger partial charge in [0.25, 0.3) is 0 Å². The van der Waals surface area contributed by atoms with Gasteiger partial charge in [-0.15, -0.1) is 0 Å². The van der Waals surface area contributed by atoms with Crippen molar-refractivity contribution in [2.75, 3.05) is 19.6 Å². The summed E-state index contributed by atoms with van der Waals surface area (Å²) in [6, 6.07) is 0.621. The summed E-state index contributed by atoms with van der Waals surface area (Å²) in [6.07, 6.45) is 9.56. The van der Waals surface area contributed by atoms with Crippen LogP contribution in [0.1, 0.15) is 79.6 Å². The molecule has 1 heterocycles. The largest absolute Gasteiger partial charge is 0.312 e. The Morgan fingerprint density at radius 2 is 1.50 bits per heavy atom. The van der Waals surface area contributed by atoms with Gasteiger partial charge in [-0.1, -0.05) is 46.5 Å². The second-order valence-corrected chi connectivity index (χ2v) is 7.08. The van der Waals surface area contributed by atoms with Crippen LogP contribution in [0.3, 0.4) is 0 Å². The van der Waals surface area contributed by atoms with E-state index in [-0.39, 0.29) is 5.54 Å². The van der Waals surface area contributed by atoms with Crippen LogP contribution in [0.4, 0.5) is 0 Å². The molecule has 0 aromatic heterocycles. The third kappa shape index (κ3) is 5.04. The fourth-order valence-electron chi connectivity index (χ4n) is 3.69. The number of hydrogen-bond donors (Lipinski definition) is 1. The van der Waals surface area contributed by atoms with Crippen molar-refractivity contribution in [2.45, 2.75) is 91.1 Å². The highest BCUT2D eigenvalue weighted by Crippen LogP contribution is 2.28. The number of nitrogens with zero attached hydrogens (tertiary/aromatic N) is 1. The first-order valence-electron chi connectivity index (χ1n) is 9.04. The fraction of sp³-hybridized carbons (Fsp3) is 1.00. The highest BCUT2D eigenvalue weighted by atomic mass is 15.2. The first-order chi connectivity index (χ1) is 9.56. The lowest BCUT2D eigenvalue weighted by atomic mass is 9.83. The summed E-state index contributed by atoms with van der Waals surface area (Å²) in [6.45, 7) is 15.5. The van der Waals surface area contributed by atoms with Crippen molar-refractivity contribution < 1.29 is 0 Å². The molecule has 0 aromatic rings. The Morgan fingerprint density at radius 3 is 1.95 bits per heavy atom. The summed E-state index contributed by atoms with van der Waals surface area (Å²) < 4.78 is 0. The lowest BCUT2D eigenvalue weighted by Crippen LogP contribution is -2.58. The van der Waals surface area contributed by atoms with Gasteiger partial charge in [0, 0.05) is 11.6 Å². The van der Waals surface area contributed by atoms with Gasteiger partial charge in [-0.25, -0.2) is 0 Å². The maximum Gasteiger partial charge on any atom is 0.0306 e. The standard InChI is InChI=1S/C18H38N2/c1-6-16(7-2)15-17(19-8-3)18(4,5)20-13-11-9-10-12-14-20/h16-17,19H,6-15H2,1-5H3. The summed E-state index contributed by atoms with van der Waals surface area (Å²) in [5.41, 5.74) is 0.281. The maximum atomic E-state index is 3.80. The van der Waals surface area contributed by atoms with E-state index in [9.17, 15) is 0 Å². The van der Waals surface area contributed by atoms with Crippen LogP contribution in [0.15, 0.2) is 0 Å². The molecule has 1 atom stereocenters. The molecule has 0 amide bonds. The molecule has 2 heteroatoms. The zero-order valence-electron chi connectivity index (χ0n) is 14.7. The van der Waals surface area contributed by atoms with Crippen LogP contribution in [-0.2, 0) is 0 Å². The molecular weight excluding hydrogens is 244 g/mol. The number of nitrogens with one attached hydrogen (secondary N) is 1. The fourth-order valence-corrected chi connectivity index (χ4v) is 3.69. The average molecular weight is 283 g/mol. The van der Waals surface area contributed by atoms with Crippen LogP contribution in [0.5, 0.6) is 0 Å². The maximum absolute atomic E-state index is 3.80. The predicted octanol–water partition coefficient (Wildman–Crippen LogP) is 4.45. The normalized spacial score (nSPS) is 20.1. The Balaban J connectivity index is 2.74. The highest BCUT2D eigenvalue weighted by Gasteiger charge is 2.35. The first kappa shape index (κ1) is 18.0. The first-order valence-corrected chi connectivity index (χ1v) is 9.04.